The molecule has 1 heterocycles. The lowest BCUT2D eigenvalue weighted by Crippen LogP contribution is -2.16. The van der Waals surface area contributed by atoms with Gasteiger partial charge >= 0.3 is 0 Å². The van der Waals surface area contributed by atoms with Crippen molar-refractivity contribution in [3.05, 3.63) is 63.4 Å². The molecule has 2 aromatic carbocycles. The number of hydrogen-bond acceptors (Lipinski definition) is 5. The van der Waals surface area contributed by atoms with Gasteiger partial charge in [-0.3, -0.25) is 4.79 Å². The average Bonchev–Trinajstić information content (AvgIpc) is 3.03. The summed E-state index contributed by atoms with van der Waals surface area (Å²) < 4.78 is 34.7. The fourth-order valence-electron chi connectivity index (χ4n) is 2.57. The van der Waals surface area contributed by atoms with Crippen molar-refractivity contribution in [2.45, 2.75) is 25.6 Å². The van der Waals surface area contributed by atoms with E-state index in [1.807, 2.05) is 32.0 Å². The Morgan fingerprint density at radius 3 is 2.73 bits per heavy atom. The maximum absolute atomic E-state index is 13.8. The molecule has 0 unspecified atom stereocenters. The zero-order valence-corrected chi connectivity index (χ0v) is 18.9. The summed E-state index contributed by atoms with van der Waals surface area (Å²) >= 11 is 4.19. The molecule has 3 aromatic rings. The summed E-state index contributed by atoms with van der Waals surface area (Å²) in [5.41, 5.74) is 2.01. The van der Waals surface area contributed by atoms with E-state index in [1.54, 1.807) is 11.6 Å². The highest BCUT2D eigenvalue weighted by Crippen LogP contribution is 2.27. The van der Waals surface area contributed by atoms with Gasteiger partial charge in [0.2, 0.25) is 5.91 Å². The molecular weight excluding hydrogens is 478 g/mol. The summed E-state index contributed by atoms with van der Waals surface area (Å²) in [5, 5.41) is 11.1. The van der Waals surface area contributed by atoms with Gasteiger partial charge in [-0.05, 0) is 53.0 Å². The molecule has 1 N–H and O–H groups in total. The fraction of sp³-hybridized carbons (Fsp3) is 0.250. The van der Waals surface area contributed by atoms with Crippen molar-refractivity contribution in [1.29, 1.82) is 0 Å². The van der Waals surface area contributed by atoms with Crippen LogP contribution in [0.15, 0.2) is 40.0 Å². The molecule has 0 aliphatic rings. The number of amides is 1. The number of halogens is 3. The maximum atomic E-state index is 13.8. The number of aryl methyl sites for hydroxylation is 2. The van der Waals surface area contributed by atoms with Crippen molar-refractivity contribution in [2.24, 2.45) is 7.05 Å². The van der Waals surface area contributed by atoms with Crippen LogP contribution in [-0.4, -0.2) is 26.4 Å². The van der Waals surface area contributed by atoms with E-state index >= 15 is 0 Å². The standard InChI is InChI=1S/C20H19BrF2N4O2S/c1-11-4-5-12(2)16(6-11)29-9-17-25-26-20(27(17)3)30-10-18(28)24-19-14(21)7-13(22)8-15(19)23/h4-8H,9-10H2,1-3H3,(H,24,28). The van der Waals surface area contributed by atoms with Crippen molar-refractivity contribution in [3.63, 3.8) is 0 Å². The molecule has 0 spiro atoms. The Labute approximate surface area is 185 Å². The highest BCUT2D eigenvalue weighted by Gasteiger charge is 2.16. The Bertz CT molecular complexity index is 1070. The number of anilines is 1. The molecule has 6 nitrogen and oxygen atoms in total. The fourth-order valence-corrected chi connectivity index (χ4v) is 3.81. The SMILES string of the molecule is Cc1ccc(C)c(OCc2nnc(SCC(=O)Nc3c(F)cc(F)cc3Br)n2C)c1. The van der Waals surface area contributed by atoms with Crippen LogP contribution in [0.2, 0.25) is 0 Å². The van der Waals surface area contributed by atoms with Crippen LogP contribution in [-0.2, 0) is 18.4 Å². The first kappa shape index (κ1) is 22.2. The highest BCUT2D eigenvalue weighted by atomic mass is 79.9. The minimum absolute atomic E-state index is 0.0208. The van der Waals surface area contributed by atoms with Gasteiger partial charge < -0.3 is 14.6 Å². The number of ether oxygens (including phenoxy) is 1. The number of aromatic nitrogens is 3. The van der Waals surface area contributed by atoms with Gasteiger partial charge in [0.15, 0.2) is 16.8 Å². The Morgan fingerprint density at radius 1 is 1.23 bits per heavy atom. The van der Waals surface area contributed by atoms with Crippen molar-refractivity contribution >= 4 is 39.3 Å². The first-order valence-corrected chi connectivity index (χ1v) is 10.7. The summed E-state index contributed by atoms with van der Waals surface area (Å²) in [5.74, 6) is -0.689. The van der Waals surface area contributed by atoms with Gasteiger partial charge in [-0.25, -0.2) is 8.78 Å². The molecule has 158 valence electrons. The number of benzene rings is 2. The van der Waals surface area contributed by atoms with E-state index in [-0.39, 0.29) is 22.5 Å². The minimum Gasteiger partial charge on any atom is -0.485 e. The highest BCUT2D eigenvalue weighted by molar-refractivity contribution is 9.10. The molecule has 0 fully saturated rings. The van der Waals surface area contributed by atoms with E-state index in [9.17, 15) is 13.6 Å². The van der Waals surface area contributed by atoms with Gasteiger partial charge in [-0.2, -0.15) is 0 Å². The number of hydrogen-bond donors (Lipinski definition) is 1. The monoisotopic (exact) mass is 496 g/mol. The molecule has 0 bridgehead atoms. The summed E-state index contributed by atoms with van der Waals surface area (Å²) in [7, 11) is 1.78. The largest absolute Gasteiger partial charge is 0.485 e. The summed E-state index contributed by atoms with van der Waals surface area (Å²) in [4.78, 5) is 12.2. The second kappa shape index (κ2) is 9.57. The summed E-state index contributed by atoms with van der Waals surface area (Å²) in [6, 6.07) is 7.75. The maximum Gasteiger partial charge on any atom is 0.234 e. The van der Waals surface area contributed by atoms with Crippen LogP contribution in [0.3, 0.4) is 0 Å². The third-order valence-corrected chi connectivity index (χ3v) is 5.87. The number of thioether (sulfide) groups is 1. The second-order valence-corrected chi connectivity index (χ2v) is 8.39. The quantitative estimate of drug-likeness (QED) is 0.476. The van der Waals surface area contributed by atoms with Crippen LogP contribution in [0.4, 0.5) is 14.5 Å². The zero-order valence-electron chi connectivity index (χ0n) is 16.5. The molecule has 0 saturated carbocycles. The van der Waals surface area contributed by atoms with Crippen molar-refractivity contribution in [1.82, 2.24) is 14.8 Å². The molecule has 30 heavy (non-hydrogen) atoms. The van der Waals surface area contributed by atoms with E-state index in [0.717, 1.165) is 34.7 Å². The van der Waals surface area contributed by atoms with Gasteiger partial charge in [-0.1, -0.05) is 23.9 Å². The lowest BCUT2D eigenvalue weighted by atomic mass is 10.1. The van der Waals surface area contributed by atoms with Gasteiger partial charge in [0.05, 0.1) is 11.4 Å². The van der Waals surface area contributed by atoms with Crippen LogP contribution >= 0.6 is 27.7 Å². The molecule has 3 rings (SSSR count). The van der Waals surface area contributed by atoms with Crippen molar-refractivity contribution in [2.75, 3.05) is 11.1 Å². The van der Waals surface area contributed by atoms with Gasteiger partial charge in [0.25, 0.3) is 0 Å². The predicted molar refractivity (Wildman–Crippen MR) is 115 cm³/mol. The normalized spacial score (nSPS) is 10.9. The smallest absolute Gasteiger partial charge is 0.234 e. The van der Waals surface area contributed by atoms with Gasteiger partial charge in [0, 0.05) is 17.6 Å². The Kier molecular flexibility index (Phi) is 7.09. The summed E-state index contributed by atoms with van der Waals surface area (Å²) in [6.45, 7) is 4.19. The van der Waals surface area contributed by atoms with E-state index in [0.29, 0.717) is 17.0 Å². The first-order chi connectivity index (χ1) is 14.2. The number of carbonyl (C=O) groups excluding carboxylic acids is 1. The number of nitrogens with one attached hydrogen (secondary N) is 1. The van der Waals surface area contributed by atoms with Gasteiger partial charge in [0.1, 0.15) is 18.2 Å². The molecule has 0 atom stereocenters. The van der Waals surface area contributed by atoms with Crippen LogP contribution in [0.1, 0.15) is 17.0 Å². The molecule has 1 aromatic heterocycles. The van der Waals surface area contributed by atoms with Crippen LogP contribution in [0, 0.1) is 25.5 Å². The number of rotatable bonds is 7. The number of nitrogens with zero attached hydrogens (tertiary/aromatic N) is 3. The van der Waals surface area contributed by atoms with E-state index in [1.165, 1.54) is 0 Å². The zero-order chi connectivity index (χ0) is 21.8. The average molecular weight is 497 g/mol. The first-order valence-electron chi connectivity index (χ1n) is 8.90. The Hall–Kier alpha value is -2.46. The molecular formula is C20H19BrF2N4O2S. The topological polar surface area (TPSA) is 69.0 Å². The van der Waals surface area contributed by atoms with Crippen LogP contribution < -0.4 is 10.1 Å². The third kappa shape index (κ3) is 5.37. The molecule has 0 saturated heterocycles. The summed E-state index contributed by atoms with van der Waals surface area (Å²) in [6.07, 6.45) is 0. The van der Waals surface area contributed by atoms with Crippen molar-refractivity contribution in [3.8, 4) is 5.75 Å². The molecule has 10 heteroatoms. The van der Waals surface area contributed by atoms with E-state index in [2.05, 4.69) is 31.4 Å². The number of carbonyl (C=O) groups is 1. The van der Waals surface area contributed by atoms with E-state index < -0.39 is 17.5 Å². The van der Waals surface area contributed by atoms with Crippen molar-refractivity contribution < 1.29 is 18.3 Å². The lowest BCUT2D eigenvalue weighted by molar-refractivity contribution is -0.113. The molecule has 0 aliphatic carbocycles. The third-order valence-electron chi connectivity index (χ3n) is 4.23. The lowest BCUT2D eigenvalue weighted by Gasteiger charge is -2.10. The molecule has 0 radical (unpaired) electrons. The van der Waals surface area contributed by atoms with Crippen LogP contribution in [0.25, 0.3) is 0 Å². The van der Waals surface area contributed by atoms with E-state index in [4.69, 9.17) is 4.74 Å². The molecule has 0 aliphatic heterocycles. The Balaban J connectivity index is 1.59. The van der Waals surface area contributed by atoms with Crippen LogP contribution in [0.5, 0.6) is 5.75 Å². The minimum atomic E-state index is -0.857. The second-order valence-electron chi connectivity index (χ2n) is 6.60. The molecule has 1 amide bonds. The Morgan fingerprint density at radius 2 is 2.00 bits per heavy atom. The predicted octanol–water partition coefficient (Wildman–Crippen LogP) is 4.78. The van der Waals surface area contributed by atoms with Gasteiger partial charge in [-0.15, -0.1) is 10.2 Å².